The fraction of sp³-hybridized carbons (Fsp3) is 0.231. The summed E-state index contributed by atoms with van der Waals surface area (Å²) < 4.78 is 41.1. The Balaban J connectivity index is 2.14. The molecular formula is C13H8F3N3O2. The normalized spacial score (nSPS) is 11.1. The van der Waals surface area contributed by atoms with E-state index in [1.54, 1.807) is 18.2 Å². The lowest BCUT2D eigenvalue weighted by Crippen LogP contribution is -2.04. The zero-order valence-corrected chi connectivity index (χ0v) is 10.5. The van der Waals surface area contributed by atoms with Crippen LogP contribution in [0.25, 0.3) is 11.4 Å². The van der Waals surface area contributed by atoms with Crippen molar-refractivity contribution >= 4 is 5.78 Å². The molecule has 21 heavy (non-hydrogen) atoms. The minimum Gasteiger partial charge on any atom is -0.329 e. The Labute approximate surface area is 117 Å². The third-order valence-corrected chi connectivity index (χ3v) is 2.56. The highest BCUT2D eigenvalue weighted by molar-refractivity contribution is 5.82. The second-order valence-electron chi connectivity index (χ2n) is 4.17. The average molecular weight is 295 g/mol. The summed E-state index contributed by atoms with van der Waals surface area (Å²) >= 11 is 0. The Morgan fingerprint density at radius 2 is 1.95 bits per heavy atom. The molecular weight excluding hydrogens is 287 g/mol. The molecule has 0 unspecified atom stereocenters. The van der Waals surface area contributed by atoms with Gasteiger partial charge in [-0.25, -0.2) is 0 Å². The van der Waals surface area contributed by atoms with Gasteiger partial charge in [-0.05, 0) is 5.56 Å². The first kappa shape index (κ1) is 14.7. The minimum absolute atomic E-state index is 0.0912. The van der Waals surface area contributed by atoms with Crippen LogP contribution in [-0.4, -0.2) is 15.9 Å². The highest BCUT2D eigenvalue weighted by Crippen LogP contribution is 2.29. The largest absolute Gasteiger partial charge is 0.471 e. The van der Waals surface area contributed by atoms with Gasteiger partial charge in [0, 0.05) is 12.0 Å². The van der Waals surface area contributed by atoms with Gasteiger partial charge in [0.15, 0.2) is 5.78 Å². The Morgan fingerprint density at radius 1 is 1.29 bits per heavy atom. The maximum atomic E-state index is 12.3. The van der Waals surface area contributed by atoms with Crippen molar-refractivity contribution < 1.29 is 22.5 Å². The van der Waals surface area contributed by atoms with E-state index in [0.717, 1.165) is 0 Å². The first-order valence-electron chi connectivity index (χ1n) is 5.79. The number of alkyl halides is 3. The lowest BCUT2D eigenvalue weighted by molar-refractivity contribution is -0.159. The maximum absolute atomic E-state index is 12.3. The highest BCUT2D eigenvalue weighted by atomic mass is 19.4. The van der Waals surface area contributed by atoms with Gasteiger partial charge >= 0.3 is 12.1 Å². The van der Waals surface area contributed by atoms with Gasteiger partial charge in [0.1, 0.15) is 0 Å². The van der Waals surface area contributed by atoms with Crippen LogP contribution in [0.1, 0.15) is 17.9 Å². The van der Waals surface area contributed by atoms with Crippen molar-refractivity contribution in [3.05, 3.63) is 35.7 Å². The maximum Gasteiger partial charge on any atom is 0.471 e. The van der Waals surface area contributed by atoms with Gasteiger partial charge in [-0.1, -0.05) is 29.4 Å². The molecule has 0 aliphatic carbocycles. The second kappa shape index (κ2) is 5.75. The zero-order chi connectivity index (χ0) is 15.5. The molecule has 0 spiro atoms. The molecule has 1 heterocycles. The van der Waals surface area contributed by atoms with Crippen molar-refractivity contribution in [1.82, 2.24) is 10.1 Å². The van der Waals surface area contributed by atoms with Crippen molar-refractivity contribution in [3.8, 4) is 17.5 Å². The van der Waals surface area contributed by atoms with Gasteiger partial charge in [0.2, 0.25) is 5.82 Å². The van der Waals surface area contributed by atoms with E-state index in [1.807, 2.05) is 0 Å². The number of benzene rings is 1. The van der Waals surface area contributed by atoms with Crippen LogP contribution in [0.15, 0.2) is 28.8 Å². The molecule has 2 rings (SSSR count). The van der Waals surface area contributed by atoms with Crippen molar-refractivity contribution in [1.29, 1.82) is 5.26 Å². The Kier molecular flexibility index (Phi) is 4.03. The van der Waals surface area contributed by atoms with E-state index in [9.17, 15) is 18.0 Å². The van der Waals surface area contributed by atoms with Crippen LogP contribution in [0, 0.1) is 11.3 Å². The minimum atomic E-state index is -4.69. The monoisotopic (exact) mass is 295 g/mol. The van der Waals surface area contributed by atoms with Crippen molar-refractivity contribution in [3.63, 3.8) is 0 Å². The number of halogens is 3. The van der Waals surface area contributed by atoms with Crippen LogP contribution in [0.5, 0.6) is 0 Å². The number of hydrogen-bond acceptors (Lipinski definition) is 5. The molecule has 8 heteroatoms. The molecule has 2 aromatic rings. The number of nitriles is 1. The third-order valence-electron chi connectivity index (χ3n) is 2.56. The van der Waals surface area contributed by atoms with Crippen LogP contribution in [0.4, 0.5) is 13.2 Å². The van der Waals surface area contributed by atoms with Crippen LogP contribution in [0.3, 0.4) is 0 Å². The standard InChI is InChI=1S/C13H8F3N3O2/c14-13(15,16)12-18-11(19-21-12)9-3-1-8(2-4-9)7-10(20)5-6-17/h1-4H,5,7H2. The number of carbonyl (C=O) groups is 1. The number of aromatic nitrogens is 2. The molecule has 0 saturated carbocycles. The van der Waals surface area contributed by atoms with Crippen molar-refractivity contribution in [2.24, 2.45) is 0 Å². The predicted octanol–water partition coefficient (Wildman–Crippen LogP) is 2.78. The van der Waals surface area contributed by atoms with Crippen molar-refractivity contribution in [2.45, 2.75) is 19.0 Å². The summed E-state index contributed by atoms with van der Waals surface area (Å²) in [5, 5.41) is 11.6. The number of carbonyl (C=O) groups excluding carboxylic acids is 1. The van der Waals surface area contributed by atoms with E-state index in [4.69, 9.17) is 5.26 Å². The first-order chi connectivity index (χ1) is 9.90. The van der Waals surface area contributed by atoms with Gasteiger partial charge in [-0.3, -0.25) is 4.79 Å². The SMILES string of the molecule is N#CCC(=O)Cc1ccc(-c2noc(C(F)(F)F)n2)cc1. The molecule has 0 N–H and O–H groups in total. The summed E-state index contributed by atoms with van der Waals surface area (Å²) in [5.74, 6) is -1.83. The summed E-state index contributed by atoms with van der Waals surface area (Å²) in [7, 11) is 0. The molecule has 0 atom stereocenters. The molecule has 1 aromatic carbocycles. The third kappa shape index (κ3) is 3.66. The summed E-state index contributed by atoms with van der Waals surface area (Å²) in [4.78, 5) is 14.6. The van der Waals surface area contributed by atoms with E-state index >= 15 is 0 Å². The molecule has 0 fully saturated rings. The number of ketones is 1. The van der Waals surface area contributed by atoms with Gasteiger partial charge in [-0.15, -0.1) is 0 Å². The van der Waals surface area contributed by atoms with Crippen LogP contribution in [-0.2, 0) is 17.4 Å². The molecule has 0 amide bonds. The average Bonchev–Trinajstić information content (AvgIpc) is 2.89. The molecule has 0 aliphatic rings. The molecule has 5 nitrogen and oxygen atoms in total. The summed E-state index contributed by atoms with van der Waals surface area (Å²) in [5.41, 5.74) is 0.990. The predicted molar refractivity (Wildman–Crippen MR) is 63.7 cm³/mol. The number of Topliss-reactive ketones (excluding diaryl/α,β-unsaturated/α-hetero) is 1. The van der Waals surface area contributed by atoms with Gasteiger partial charge in [0.25, 0.3) is 0 Å². The first-order valence-corrected chi connectivity index (χ1v) is 5.79. The van der Waals surface area contributed by atoms with Crippen LogP contribution < -0.4 is 0 Å². The topological polar surface area (TPSA) is 79.8 Å². The number of nitrogens with zero attached hydrogens (tertiary/aromatic N) is 3. The van der Waals surface area contributed by atoms with Gasteiger partial charge in [-0.2, -0.15) is 23.4 Å². The zero-order valence-electron chi connectivity index (χ0n) is 10.5. The highest BCUT2D eigenvalue weighted by Gasteiger charge is 2.38. The van der Waals surface area contributed by atoms with E-state index in [2.05, 4.69) is 14.7 Å². The summed E-state index contributed by atoms with van der Waals surface area (Å²) in [6.45, 7) is 0. The summed E-state index contributed by atoms with van der Waals surface area (Å²) in [6.07, 6.45) is -4.77. The number of rotatable bonds is 4. The molecule has 0 aliphatic heterocycles. The molecule has 108 valence electrons. The number of hydrogen-bond donors (Lipinski definition) is 0. The lowest BCUT2D eigenvalue weighted by atomic mass is 10.1. The second-order valence-corrected chi connectivity index (χ2v) is 4.17. The Bertz CT molecular complexity index is 684. The Hall–Kier alpha value is -2.69. The van der Waals surface area contributed by atoms with E-state index in [-0.39, 0.29) is 24.4 Å². The smallest absolute Gasteiger partial charge is 0.329 e. The lowest BCUT2D eigenvalue weighted by Gasteiger charge is -2.00. The quantitative estimate of drug-likeness (QED) is 0.866. The molecule has 0 radical (unpaired) electrons. The molecule has 1 aromatic heterocycles. The molecule has 0 bridgehead atoms. The fourth-order valence-corrected chi connectivity index (χ4v) is 1.61. The van der Waals surface area contributed by atoms with Gasteiger partial charge < -0.3 is 4.52 Å². The molecule has 0 saturated heterocycles. The van der Waals surface area contributed by atoms with Gasteiger partial charge in [0.05, 0.1) is 12.5 Å². The summed E-state index contributed by atoms with van der Waals surface area (Å²) in [6, 6.07) is 7.85. The van der Waals surface area contributed by atoms with E-state index < -0.39 is 12.1 Å². The van der Waals surface area contributed by atoms with E-state index in [1.165, 1.54) is 12.1 Å². The van der Waals surface area contributed by atoms with Crippen LogP contribution >= 0.6 is 0 Å². The van der Waals surface area contributed by atoms with Crippen molar-refractivity contribution in [2.75, 3.05) is 0 Å². The van der Waals surface area contributed by atoms with E-state index in [0.29, 0.717) is 11.1 Å². The Morgan fingerprint density at radius 3 is 2.48 bits per heavy atom. The van der Waals surface area contributed by atoms with Crippen LogP contribution in [0.2, 0.25) is 0 Å². The fourth-order valence-electron chi connectivity index (χ4n) is 1.61.